The summed E-state index contributed by atoms with van der Waals surface area (Å²) in [7, 11) is 1.75. The van der Waals surface area contributed by atoms with Crippen molar-refractivity contribution < 1.29 is 9.53 Å². The Bertz CT molecular complexity index is 275. The van der Waals surface area contributed by atoms with Gasteiger partial charge in [-0.3, -0.25) is 4.79 Å². The highest BCUT2D eigenvalue weighted by molar-refractivity contribution is 5.78. The number of nitrogens with two attached hydrogens (primary N) is 1. The van der Waals surface area contributed by atoms with Crippen molar-refractivity contribution in [3.05, 3.63) is 0 Å². The van der Waals surface area contributed by atoms with Crippen molar-refractivity contribution in [1.82, 2.24) is 4.90 Å². The number of rotatable bonds is 3. The molecule has 98 valence electrons. The number of amides is 1. The van der Waals surface area contributed by atoms with Crippen LogP contribution in [0.2, 0.25) is 0 Å². The van der Waals surface area contributed by atoms with E-state index >= 15 is 0 Å². The first kappa shape index (κ1) is 12.8. The van der Waals surface area contributed by atoms with E-state index in [2.05, 4.69) is 0 Å². The van der Waals surface area contributed by atoms with E-state index in [-0.39, 0.29) is 12.5 Å². The van der Waals surface area contributed by atoms with Crippen LogP contribution in [-0.4, -0.2) is 44.2 Å². The number of methoxy groups -OCH3 is 1. The summed E-state index contributed by atoms with van der Waals surface area (Å²) in [4.78, 5) is 13.7. The fourth-order valence-electron chi connectivity index (χ4n) is 3.61. The standard InChI is InChI=1S/C13H24N2O2/c1-17-9-11-8-15(12(16)7-14)10-13(11)5-3-2-4-6-13/h11H,2-10,14H2,1H3/t11-/m1/s1. The molecule has 2 N–H and O–H groups in total. The van der Waals surface area contributed by atoms with E-state index in [0.717, 1.165) is 19.7 Å². The quantitative estimate of drug-likeness (QED) is 0.800. The summed E-state index contributed by atoms with van der Waals surface area (Å²) in [5.41, 5.74) is 5.79. The van der Waals surface area contributed by atoms with E-state index in [9.17, 15) is 4.79 Å². The van der Waals surface area contributed by atoms with E-state index in [1.54, 1.807) is 7.11 Å². The summed E-state index contributed by atoms with van der Waals surface area (Å²) in [5, 5.41) is 0. The smallest absolute Gasteiger partial charge is 0.236 e. The van der Waals surface area contributed by atoms with Crippen LogP contribution >= 0.6 is 0 Å². The van der Waals surface area contributed by atoms with Gasteiger partial charge < -0.3 is 15.4 Å². The highest BCUT2D eigenvalue weighted by atomic mass is 16.5. The van der Waals surface area contributed by atoms with Gasteiger partial charge in [-0.2, -0.15) is 0 Å². The number of hydrogen-bond donors (Lipinski definition) is 1. The molecular weight excluding hydrogens is 216 g/mol. The van der Waals surface area contributed by atoms with Crippen molar-refractivity contribution >= 4 is 5.91 Å². The van der Waals surface area contributed by atoms with Crippen molar-refractivity contribution in [3.8, 4) is 0 Å². The fraction of sp³-hybridized carbons (Fsp3) is 0.923. The maximum atomic E-state index is 11.7. The molecular formula is C13H24N2O2. The lowest BCUT2D eigenvalue weighted by Gasteiger charge is -2.37. The third kappa shape index (κ3) is 2.47. The van der Waals surface area contributed by atoms with Gasteiger partial charge in [0.05, 0.1) is 13.2 Å². The fourth-order valence-corrected chi connectivity index (χ4v) is 3.61. The number of carbonyl (C=O) groups excluding carboxylic acids is 1. The van der Waals surface area contributed by atoms with Crippen molar-refractivity contribution in [3.63, 3.8) is 0 Å². The minimum atomic E-state index is 0.0913. The molecule has 1 saturated carbocycles. The zero-order valence-corrected chi connectivity index (χ0v) is 10.8. The second kappa shape index (κ2) is 5.36. The maximum absolute atomic E-state index is 11.7. The minimum absolute atomic E-state index is 0.0913. The Morgan fingerprint density at radius 3 is 2.71 bits per heavy atom. The van der Waals surface area contributed by atoms with E-state index in [1.807, 2.05) is 4.90 Å². The summed E-state index contributed by atoms with van der Waals surface area (Å²) < 4.78 is 5.35. The zero-order valence-electron chi connectivity index (χ0n) is 10.8. The Balaban J connectivity index is 2.09. The number of likely N-dealkylation sites (tertiary alicyclic amines) is 1. The van der Waals surface area contributed by atoms with Crippen molar-refractivity contribution in [2.24, 2.45) is 17.1 Å². The SMILES string of the molecule is COC[C@H]1CN(C(=O)CN)CC12CCCCC2. The van der Waals surface area contributed by atoms with Gasteiger partial charge in [0.15, 0.2) is 0 Å². The molecule has 0 aromatic heterocycles. The van der Waals surface area contributed by atoms with Gasteiger partial charge >= 0.3 is 0 Å². The monoisotopic (exact) mass is 240 g/mol. The molecule has 2 rings (SSSR count). The molecule has 0 aromatic carbocycles. The summed E-state index contributed by atoms with van der Waals surface area (Å²) >= 11 is 0. The Morgan fingerprint density at radius 1 is 1.41 bits per heavy atom. The number of carbonyl (C=O) groups is 1. The molecule has 1 heterocycles. The third-order valence-corrected chi connectivity index (χ3v) is 4.56. The lowest BCUT2D eigenvalue weighted by Crippen LogP contribution is -2.37. The van der Waals surface area contributed by atoms with Crippen LogP contribution in [-0.2, 0) is 9.53 Å². The number of ether oxygens (including phenoxy) is 1. The molecule has 0 unspecified atom stereocenters. The molecule has 1 atom stereocenters. The summed E-state index contributed by atoms with van der Waals surface area (Å²) in [5.74, 6) is 0.594. The summed E-state index contributed by atoms with van der Waals surface area (Å²) in [6, 6.07) is 0. The van der Waals surface area contributed by atoms with Crippen LogP contribution in [0.4, 0.5) is 0 Å². The molecule has 1 aliphatic carbocycles. The molecule has 2 aliphatic rings. The molecule has 4 heteroatoms. The Morgan fingerprint density at radius 2 is 2.12 bits per heavy atom. The predicted octanol–water partition coefficient (Wildman–Crippen LogP) is 1.00. The first-order valence-electron chi connectivity index (χ1n) is 6.68. The van der Waals surface area contributed by atoms with E-state index < -0.39 is 0 Å². The van der Waals surface area contributed by atoms with Gasteiger partial charge in [-0.05, 0) is 18.3 Å². The van der Waals surface area contributed by atoms with Gasteiger partial charge in [-0.25, -0.2) is 0 Å². The second-order valence-corrected chi connectivity index (χ2v) is 5.55. The maximum Gasteiger partial charge on any atom is 0.236 e. The highest BCUT2D eigenvalue weighted by Gasteiger charge is 2.47. The van der Waals surface area contributed by atoms with Crippen LogP contribution in [0.25, 0.3) is 0 Å². The third-order valence-electron chi connectivity index (χ3n) is 4.56. The average molecular weight is 240 g/mol. The van der Waals surface area contributed by atoms with Crippen LogP contribution in [0.3, 0.4) is 0 Å². The van der Waals surface area contributed by atoms with Gasteiger partial charge in [-0.15, -0.1) is 0 Å². The first-order valence-corrected chi connectivity index (χ1v) is 6.68. The molecule has 0 aromatic rings. The molecule has 1 amide bonds. The van der Waals surface area contributed by atoms with Crippen LogP contribution in [0.5, 0.6) is 0 Å². The van der Waals surface area contributed by atoms with Gasteiger partial charge in [0.25, 0.3) is 0 Å². The second-order valence-electron chi connectivity index (χ2n) is 5.55. The van der Waals surface area contributed by atoms with Gasteiger partial charge in [0, 0.05) is 26.1 Å². The minimum Gasteiger partial charge on any atom is -0.384 e. The Labute approximate surface area is 103 Å². The van der Waals surface area contributed by atoms with Gasteiger partial charge in [-0.1, -0.05) is 19.3 Å². The molecule has 1 saturated heterocycles. The summed E-state index contributed by atoms with van der Waals surface area (Å²) in [6.07, 6.45) is 6.42. The van der Waals surface area contributed by atoms with E-state index in [4.69, 9.17) is 10.5 Å². The van der Waals surface area contributed by atoms with Crippen LogP contribution in [0, 0.1) is 11.3 Å². The topological polar surface area (TPSA) is 55.6 Å². The van der Waals surface area contributed by atoms with Crippen LogP contribution in [0.15, 0.2) is 0 Å². The average Bonchev–Trinajstić information content (AvgIpc) is 2.69. The first-order chi connectivity index (χ1) is 8.22. The molecule has 1 aliphatic heterocycles. The van der Waals surface area contributed by atoms with Gasteiger partial charge in [0.1, 0.15) is 0 Å². The number of hydrogen-bond acceptors (Lipinski definition) is 3. The zero-order chi connectivity index (χ0) is 12.3. The number of nitrogens with zero attached hydrogens (tertiary/aromatic N) is 1. The van der Waals surface area contributed by atoms with Gasteiger partial charge in [0.2, 0.25) is 5.91 Å². The van der Waals surface area contributed by atoms with E-state index in [1.165, 1.54) is 32.1 Å². The lowest BCUT2D eigenvalue weighted by atomic mass is 9.68. The van der Waals surface area contributed by atoms with Crippen LogP contribution < -0.4 is 5.73 Å². The molecule has 2 fully saturated rings. The van der Waals surface area contributed by atoms with Crippen LogP contribution in [0.1, 0.15) is 32.1 Å². The molecule has 1 spiro atoms. The largest absolute Gasteiger partial charge is 0.384 e. The summed E-state index contributed by atoms with van der Waals surface area (Å²) in [6.45, 7) is 2.64. The Kier molecular flexibility index (Phi) is 4.05. The molecule has 0 radical (unpaired) electrons. The van der Waals surface area contributed by atoms with E-state index in [0.29, 0.717) is 11.3 Å². The predicted molar refractivity (Wildman–Crippen MR) is 66.5 cm³/mol. The molecule has 4 nitrogen and oxygen atoms in total. The highest BCUT2D eigenvalue weighted by Crippen LogP contribution is 2.47. The lowest BCUT2D eigenvalue weighted by molar-refractivity contribution is -0.129. The molecule has 0 bridgehead atoms. The van der Waals surface area contributed by atoms with Crippen molar-refractivity contribution in [2.75, 3.05) is 33.4 Å². The Hall–Kier alpha value is -0.610. The van der Waals surface area contributed by atoms with Crippen molar-refractivity contribution in [1.29, 1.82) is 0 Å². The molecule has 17 heavy (non-hydrogen) atoms. The van der Waals surface area contributed by atoms with Crippen molar-refractivity contribution in [2.45, 2.75) is 32.1 Å². The normalized spacial score (nSPS) is 27.6.